The van der Waals surface area contributed by atoms with Gasteiger partial charge in [-0.1, -0.05) is 50.6 Å². The molecule has 3 heteroatoms. The van der Waals surface area contributed by atoms with E-state index >= 15 is 0 Å². The lowest BCUT2D eigenvalue weighted by molar-refractivity contribution is 0.0926. The zero-order valence-electron chi connectivity index (χ0n) is 15.2. The van der Waals surface area contributed by atoms with Crippen LogP contribution in [-0.2, 0) is 5.41 Å². The number of ether oxygens (including phenoxy) is 1. The van der Waals surface area contributed by atoms with E-state index in [-0.39, 0.29) is 17.4 Å². The summed E-state index contributed by atoms with van der Waals surface area (Å²) in [5.74, 6) is 0.742. The Morgan fingerprint density at radius 3 is 2.17 bits per heavy atom. The first kappa shape index (κ1) is 18.1. The zero-order valence-corrected chi connectivity index (χ0v) is 15.2. The van der Waals surface area contributed by atoms with Crippen molar-refractivity contribution in [3.8, 4) is 5.75 Å². The van der Waals surface area contributed by atoms with Gasteiger partial charge in [0.1, 0.15) is 12.4 Å². The van der Waals surface area contributed by atoms with Gasteiger partial charge in [-0.05, 0) is 49.1 Å². The van der Waals surface area contributed by atoms with Crippen molar-refractivity contribution in [3.63, 3.8) is 0 Å². The molecule has 2 rings (SSSR count). The van der Waals surface area contributed by atoms with Crippen LogP contribution in [0.5, 0.6) is 5.75 Å². The predicted molar refractivity (Wildman–Crippen MR) is 98.7 cm³/mol. The van der Waals surface area contributed by atoms with Crippen molar-refractivity contribution in [2.75, 3.05) is 6.61 Å². The van der Waals surface area contributed by atoms with Crippen LogP contribution in [0, 0.1) is 6.92 Å². The largest absolute Gasteiger partial charge is 0.491 e. The van der Waals surface area contributed by atoms with Crippen molar-refractivity contribution in [3.05, 3.63) is 65.2 Å². The average Bonchev–Trinajstić information content (AvgIpc) is 2.53. The second-order valence-electron chi connectivity index (χ2n) is 7.33. The number of carbonyl (C=O) groups excluding carboxylic acids is 1. The van der Waals surface area contributed by atoms with Crippen LogP contribution >= 0.6 is 0 Å². The molecular formula is C21H27NO2. The molecular weight excluding hydrogens is 298 g/mol. The highest BCUT2D eigenvalue weighted by Crippen LogP contribution is 2.22. The Labute approximate surface area is 145 Å². The monoisotopic (exact) mass is 325 g/mol. The molecule has 1 amide bonds. The molecule has 24 heavy (non-hydrogen) atoms. The molecule has 0 aliphatic rings. The van der Waals surface area contributed by atoms with Gasteiger partial charge in [0.05, 0.1) is 6.04 Å². The molecule has 0 aliphatic carbocycles. The lowest BCUT2D eigenvalue weighted by atomic mass is 9.86. The topological polar surface area (TPSA) is 38.3 Å². The maximum absolute atomic E-state index is 12.3. The van der Waals surface area contributed by atoms with E-state index in [0.29, 0.717) is 12.2 Å². The van der Waals surface area contributed by atoms with Gasteiger partial charge < -0.3 is 10.1 Å². The van der Waals surface area contributed by atoms with Gasteiger partial charge in [0.2, 0.25) is 0 Å². The summed E-state index contributed by atoms with van der Waals surface area (Å²) in [5.41, 5.74) is 3.17. The van der Waals surface area contributed by atoms with E-state index in [1.807, 2.05) is 62.4 Å². The van der Waals surface area contributed by atoms with E-state index in [2.05, 4.69) is 26.1 Å². The SMILES string of the molecule is Cc1ccc(OC[C@H](C)NC(=O)c2ccc(C(C)(C)C)cc2)cc1. The van der Waals surface area contributed by atoms with Crippen LogP contribution < -0.4 is 10.1 Å². The fraction of sp³-hybridized carbons (Fsp3) is 0.381. The van der Waals surface area contributed by atoms with Gasteiger partial charge in [0.15, 0.2) is 0 Å². The van der Waals surface area contributed by atoms with E-state index in [4.69, 9.17) is 4.74 Å². The minimum Gasteiger partial charge on any atom is -0.491 e. The Morgan fingerprint density at radius 2 is 1.62 bits per heavy atom. The fourth-order valence-corrected chi connectivity index (χ4v) is 2.33. The predicted octanol–water partition coefficient (Wildman–Crippen LogP) is 4.49. The number of aryl methyl sites for hydroxylation is 1. The van der Waals surface area contributed by atoms with E-state index in [0.717, 1.165) is 5.75 Å². The van der Waals surface area contributed by atoms with Gasteiger partial charge in [0, 0.05) is 5.56 Å². The zero-order chi connectivity index (χ0) is 17.7. The van der Waals surface area contributed by atoms with Crippen LogP contribution in [0.1, 0.15) is 49.2 Å². The summed E-state index contributed by atoms with van der Waals surface area (Å²) in [4.78, 5) is 12.3. The van der Waals surface area contributed by atoms with Gasteiger partial charge in [-0.3, -0.25) is 4.79 Å². The number of carbonyl (C=O) groups is 1. The molecule has 2 aromatic carbocycles. The smallest absolute Gasteiger partial charge is 0.251 e. The molecule has 1 atom stereocenters. The van der Waals surface area contributed by atoms with Crippen molar-refractivity contribution in [2.45, 2.75) is 46.1 Å². The third-order valence-electron chi connectivity index (χ3n) is 3.91. The Bertz CT molecular complexity index is 666. The molecule has 0 heterocycles. The molecule has 0 aliphatic heterocycles. The van der Waals surface area contributed by atoms with Gasteiger partial charge in [-0.25, -0.2) is 0 Å². The second-order valence-corrected chi connectivity index (χ2v) is 7.33. The summed E-state index contributed by atoms with van der Waals surface area (Å²) in [7, 11) is 0. The lowest BCUT2D eigenvalue weighted by Gasteiger charge is -2.19. The third kappa shape index (κ3) is 5.12. The summed E-state index contributed by atoms with van der Waals surface area (Å²) in [6, 6.07) is 15.6. The highest BCUT2D eigenvalue weighted by atomic mass is 16.5. The van der Waals surface area contributed by atoms with Crippen molar-refractivity contribution in [1.29, 1.82) is 0 Å². The molecule has 0 fully saturated rings. The minimum atomic E-state index is -0.0736. The van der Waals surface area contributed by atoms with Gasteiger partial charge >= 0.3 is 0 Å². The van der Waals surface area contributed by atoms with Crippen molar-refractivity contribution in [2.24, 2.45) is 0 Å². The maximum atomic E-state index is 12.3. The van der Waals surface area contributed by atoms with Crippen molar-refractivity contribution < 1.29 is 9.53 Å². The standard InChI is InChI=1S/C21H27NO2/c1-15-6-12-19(13-7-15)24-14-16(2)22-20(23)17-8-10-18(11-9-17)21(3,4)5/h6-13,16H,14H2,1-5H3,(H,22,23)/t16-/m0/s1. The minimum absolute atomic E-state index is 0.0684. The van der Waals surface area contributed by atoms with Crippen molar-refractivity contribution >= 4 is 5.91 Å². The molecule has 1 N–H and O–H groups in total. The van der Waals surface area contributed by atoms with E-state index in [9.17, 15) is 4.79 Å². The molecule has 128 valence electrons. The van der Waals surface area contributed by atoms with Crippen LogP contribution in [-0.4, -0.2) is 18.6 Å². The number of hydrogen-bond acceptors (Lipinski definition) is 2. The molecule has 0 saturated carbocycles. The van der Waals surface area contributed by atoms with Crippen LogP contribution in [0.3, 0.4) is 0 Å². The van der Waals surface area contributed by atoms with Crippen LogP contribution in [0.15, 0.2) is 48.5 Å². The molecule has 0 bridgehead atoms. The summed E-state index contributed by atoms with van der Waals surface area (Å²) in [6.07, 6.45) is 0. The first-order valence-electron chi connectivity index (χ1n) is 8.36. The Balaban J connectivity index is 1.88. The molecule has 0 aromatic heterocycles. The van der Waals surface area contributed by atoms with Crippen LogP contribution in [0.2, 0.25) is 0 Å². The first-order valence-corrected chi connectivity index (χ1v) is 8.36. The van der Waals surface area contributed by atoms with Crippen LogP contribution in [0.4, 0.5) is 0 Å². The third-order valence-corrected chi connectivity index (χ3v) is 3.91. The number of rotatable bonds is 5. The number of hydrogen-bond donors (Lipinski definition) is 1. The Hall–Kier alpha value is -2.29. The lowest BCUT2D eigenvalue weighted by Crippen LogP contribution is -2.36. The number of benzene rings is 2. The number of amides is 1. The highest BCUT2D eigenvalue weighted by molar-refractivity contribution is 5.94. The van der Waals surface area contributed by atoms with Gasteiger partial charge in [-0.15, -0.1) is 0 Å². The summed E-state index contributed by atoms with van der Waals surface area (Å²) >= 11 is 0. The Morgan fingerprint density at radius 1 is 1.04 bits per heavy atom. The number of nitrogens with one attached hydrogen (secondary N) is 1. The molecule has 0 saturated heterocycles. The normalized spacial score (nSPS) is 12.5. The van der Waals surface area contributed by atoms with Crippen LogP contribution in [0.25, 0.3) is 0 Å². The molecule has 0 spiro atoms. The summed E-state index contributed by atoms with van der Waals surface area (Å²) in [5, 5.41) is 2.97. The molecule has 0 radical (unpaired) electrons. The average molecular weight is 325 g/mol. The first-order chi connectivity index (χ1) is 11.3. The van der Waals surface area contributed by atoms with E-state index in [1.54, 1.807) is 0 Å². The van der Waals surface area contributed by atoms with Crippen molar-refractivity contribution in [1.82, 2.24) is 5.32 Å². The summed E-state index contributed by atoms with van der Waals surface area (Å²) < 4.78 is 5.71. The molecule has 3 nitrogen and oxygen atoms in total. The molecule has 2 aromatic rings. The quantitative estimate of drug-likeness (QED) is 0.879. The maximum Gasteiger partial charge on any atom is 0.251 e. The van der Waals surface area contributed by atoms with Gasteiger partial charge in [-0.2, -0.15) is 0 Å². The Kier molecular flexibility index (Phi) is 5.66. The fourth-order valence-electron chi connectivity index (χ4n) is 2.33. The highest BCUT2D eigenvalue weighted by Gasteiger charge is 2.15. The summed E-state index contributed by atoms with van der Waals surface area (Å²) in [6.45, 7) is 10.9. The van der Waals surface area contributed by atoms with Gasteiger partial charge in [0.25, 0.3) is 5.91 Å². The van der Waals surface area contributed by atoms with E-state index in [1.165, 1.54) is 11.1 Å². The molecule has 0 unspecified atom stereocenters. The van der Waals surface area contributed by atoms with E-state index < -0.39 is 0 Å². The second kappa shape index (κ2) is 7.52.